The van der Waals surface area contributed by atoms with Gasteiger partial charge in [-0.15, -0.1) is 0 Å². The van der Waals surface area contributed by atoms with Crippen LogP contribution in [0, 0.1) is 0 Å². The molecule has 0 heterocycles. The van der Waals surface area contributed by atoms with Crippen LogP contribution in [-0.4, -0.2) is 80.8 Å². The number of nitrogens with two attached hydrogens (primary N) is 1. The normalized spacial score (nSPS) is 13.2. The minimum absolute atomic E-state index is 0.0521. The Kier molecular flexibility index (Phi) is 10.9. The van der Waals surface area contributed by atoms with Crippen molar-refractivity contribution in [2.45, 2.75) is 24.9 Å². The fourth-order valence-corrected chi connectivity index (χ4v) is 2.39. The molecule has 1 amide bonds. The zero-order valence-electron chi connectivity index (χ0n) is 10.5. The molecule has 0 saturated carbocycles. The van der Waals surface area contributed by atoms with E-state index in [9.17, 15) is 9.59 Å². The van der Waals surface area contributed by atoms with Gasteiger partial charge in [0.2, 0.25) is 0 Å². The van der Waals surface area contributed by atoms with Gasteiger partial charge in [0.05, 0.1) is 0 Å². The van der Waals surface area contributed by atoms with Gasteiger partial charge in [0.15, 0.2) is 0 Å². The summed E-state index contributed by atoms with van der Waals surface area (Å²) >= 11 is 13.9. The predicted molar refractivity (Wildman–Crippen MR) is 89.1 cm³/mol. The van der Waals surface area contributed by atoms with Crippen LogP contribution in [0.1, 0.15) is 12.8 Å². The van der Waals surface area contributed by atoms with Gasteiger partial charge in [-0.25, -0.2) is 0 Å². The molecule has 0 rings (SSSR count). The standard InChI is InChI=1S/C10H17N3O3S2Se2/c11-5(10(15)16)1-2-7(14)13-6(4-17)9(20)12-3-8(18)19/h5-6,17H,1-4,11H2,(H,12,20)(H,13,14)(H,15,16)(H,18,19). The Balaban J connectivity index is 4.21. The third-order valence-corrected chi connectivity index (χ3v) is 3.97. The molecule has 0 aliphatic heterocycles. The van der Waals surface area contributed by atoms with E-state index in [1.54, 1.807) is 0 Å². The van der Waals surface area contributed by atoms with E-state index in [0.717, 1.165) is 8.29 Å². The van der Waals surface area contributed by atoms with Crippen LogP contribution in [0.3, 0.4) is 0 Å². The van der Waals surface area contributed by atoms with Crippen LogP contribution in [0.4, 0.5) is 0 Å². The molecule has 2 atom stereocenters. The molecule has 6 nitrogen and oxygen atoms in total. The van der Waals surface area contributed by atoms with E-state index in [-0.39, 0.29) is 24.8 Å². The minimum atomic E-state index is -1.11. The Hall–Kier alpha value is 0.179. The number of nitrogens with one attached hydrogen (secondary N) is 2. The number of carboxylic acid groups (broad SMARTS) is 1. The second-order valence-electron chi connectivity index (χ2n) is 3.90. The van der Waals surface area contributed by atoms with Crippen LogP contribution >= 0.6 is 25.3 Å². The van der Waals surface area contributed by atoms with E-state index in [0.29, 0.717) is 12.3 Å². The molecular weight excluding hydrogens is 432 g/mol. The van der Waals surface area contributed by atoms with Crippen LogP contribution in [0.5, 0.6) is 0 Å². The Bertz CT molecular complexity index is 396. The molecule has 0 bridgehead atoms. The van der Waals surface area contributed by atoms with E-state index in [2.05, 4.69) is 67.0 Å². The molecule has 2 unspecified atom stereocenters. The Morgan fingerprint density at radius 1 is 1.35 bits per heavy atom. The van der Waals surface area contributed by atoms with Crippen molar-refractivity contribution in [3.05, 3.63) is 0 Å². The molecule has 0 aromatic rings. The number of hydrogen-bond donors (Lipinski definition) is 6. The second kappa shape index (κ2) is 10.8. The molecule has 10 heteroatoms. The number of rotatable bonds is 10. The summed E-state index contributed by atoms with van der Waals surface area (Å²) in [5.74, 6) is -0.979. The topological polar surface area (TPSA) is 104 Å². The maximum absolute atomic E-state index is 11.7. The summed E-state index contributed by atoms with van der Waals surface area (Å²) in [5, 5.41) is 14.4. The van der Waals surface area contributed by atoms with Gasteiger partial charge in [-0.05, 0) is 0 Å². The van der Waals surface area contributed by atoms with Crippen LogP contribution in [0.2, 0.25) is 0 Å². The Morgan fingerprint density at radius 2 is 1.95 bits per heavy atom. The number of thiol groups is 2. The Morgan fingerprint density at radius 3 is 2.40 bits per heavy atom. The summed E-state index contributed by atoms with van der Waals surface area (Å²) in [6, 6.07) is -1.32. The molecule has 0 aliphatic rings. The van der Waals surface area contributed by atoms with Gasteiger partial charge in [-0.2, -0.15) is 0 Å². The third-order valence-electron chi connectivity index (χ3n) is 2.25. The van der Waals surface area contributed by atoms with Crippen LogP contribution < -0.4 is 16.4 Å². The van der Waals surface area contributed by atoms with Crippen molar-refractivity contribution < 1.29 is 14.7 Å². The molecule has 0 aromatic heterocycles. The first-order chi connectivity index (χ1) is 9.27. The van der Waals surface area contributed by atoms with Gasteiger partial charge in [0.1, 0.15) is 0 Å². The molecule has 0 fully saturated rings. The SMILES string of the molecule is NC(CCC(=O)NC(CS)C(=[Se])NCC(S)=[Se])C(=O)O. The van der Waals surface area contributed by atoms with Crippen LogP contribution in [0.15, 0.2) is 0 Å². The van der Waals surface area contributed by atoms with Crippen molar-refractivity contribution in [2.24, 2.45) is 5.73 Å². The van der Waals surface area contributed by atoms with Crippen LogP contribution in [0.25, 0.3) is 0 Å². The second-order valence-corrected chi connectivity index (χ2v) is 7.44. The average molecular weight is 449 g/mol. The van der Waals surface area contributed by atoms with Crippen LogP contribution in [-0.2, 0) is 9.59 Å². The maximum atomic E-state index is 11.7. The number of carbonyl (C=O) groups is 2. The summed E-state index contributed by atoms with van der Waals surface area (Å²) < 4.78 is 1.52. The van der Waals surface area contributed by atoms with Crippen molar-refractivity contribution in [2.75, 3.05) is 12.3 Å². The first-order valence-electron chi connectivity index (χ1n) is 5.66. The first kappa shape index (κ1) is 20.2. The zero-order chi connectivity index (χ0) is 15.7. The molecule has 0 radical (unpaired) electrons. The van der Waals surface area contributed by atoms with Crippen molar-refractivity contribution in [1.29, 1.82) is 0 Å². The summed E-state index contributed by atoms with van der Waals surface area (Å²) in [5.41, 5.74) is 5.34. The summed E-state index contributed by atoms with van der Waals surface area (Å²) in [7, 11) is 0. The monoisotopic (exact) mass is 451 g/mol. The number of carbonyl (C=O) groups excluding carboxylic acids is 1. The summed E-state index contributed by atoms with van der Waals surface area (Å²) in [6.07, 6.45) is 0.145. The fraction of sp³-hybridized carbons (Fsp3) is 0.600. The molecule has 114 valence electrons. The molecule has 0 aromatic carbocycles. The quantitative estimate of drug-likeness (QED) is 0.167. The van der Waals surface area contributed by atoms with Gasteiger partial charge >= 0.3 is 145 Å². The molecule has 5 N–H and O–H groups in total. The van der Waals surface area contributed by atoms with Gasteiger partial charge in [0.25, 0.3) is 0 Å². The van der Waals surface area contributed by atoms with E-state index < -0.39 is 12.0 Å². The van der Waals surface area contributed by atoms with Crippen molar-refractivity contribution in [1.82, 2.24) is 10.6 Å². The number of aliphatic carboxylic acids is 1. The van der Waals surface area contributed by atoms with Gasteiger partial charge in [0, 0.05) is 0 Å². The van der Waals surface area contributed by atoms with Gasteiger partial charge in [-0.3, -0.25) is 0 Å². The van der Waals surface area contributed by atoms with Gasteiger partial charge in [-0.1, -0.05) is 0 Å². The molecule has 20 heavy (non-hydrogen) atoms. The van der Waals surface area contributed by atoms with E-state index >= 15 is 0 Å². The van der Waals surface area contributed by atoms with E-state index in [4.69, 9.17) is 10.8 Å². The first-order valence-corrected chi connectivity index (χ1v) is 8.45. The van der Waals surface area contributed by atoms with Gasteiger partial charge < -0.3 is 0 Å². The molecule has 0 spiro atoms. The number of hydrogen-bond acceptors (Lipinski definition) is 6. The fourth-order valence-electron chi connectivity index (χ4n) is 1.16. The van der Waals surface area contributed by atoms with E-state index in [1.807, 2.05) is 0 Å². The third kappa shape index (κ3) is 9.18. The number of amides is 1. The van der Waals surface area contributed by atoms with Crippen molar-refractivity contribution in [3.63, 3.8) is 0 Å². The van der Waals surface area contributed by atoms with Crippen molar-refractivity contribution >= 4 is 76.6 Å². The molecule has 0 aliphatic carbocycles. The summed E-state index contributed by atoms with van der Waals surface area (Å²) in [6.45, 7) is 0.523. The van der Waals surface area contributed by atoms with E-state index in [1.165, 1.54) is 0 Å². The predicted octanol–water partition coefficient (Wildman–Crippen LogP) is -2.29. The Labute approximate surface area is 144 Å². The molecular formula is C10H17N3O3S2Se2. The molecule has 0 saturated heterocycles. The summed E-state index contributed by atoms with van der Waals surface area (Å²) in [4.78, 5) is 22.3. The zero-order valence-corrected chi connectivity index (χ0v) is 15.8. The average Bonchev–Trinajstić information content (AvgIpc) is 2.38. The number of carboxylic acids is 1. The van der Waals surface area contributed by atoms with Crippen molar-refractivity contribution in [3.8, 4) is 0 Å².